The Morgan fingerprint density at radius 3 is 2.39 bits per heavy atom. The maximum Gasteiger partial charge on any atom is 0.137 e. The molecule has 0 bridgehead atoms. The van der Waals surface area contributed by atoms with Crippen LogP contribution in [0.3, 0.4) is 0 Å². The van der Waals surface area contributed by atoms with Gasteiger partial charge in [-0.1, -0.05) is 60.2 Å². The van der Waals surface area contributed by atoms with Crippen LogP contribution in [-0.4, -0.2) is 43.1 Å². The molecule has 5 rings (SSSR count). The number of likely N-dealkylation sites (N-methyl/N-ethyl adjacent to an activating group) is 1. The molecule has 0 radical (unpaired) electrons. The lowest BCUT2D eigenvalue weighted by Crippen LogP contribution is -2.44. The Hall–Kier alpha value is -2.91. The molecule has 1 fully saturated rings. The van der Waals surface area contributed by atoms with Crippen LogP contribution >= 0.6 is 0 Å². The normalized spacial score (nSPS) is 15.4. The predicted octanol–water partition coefficient (Wildman–Crippen LogP) is 5.12. The molecule has 0 amide bonds. The van der Waals surface area contributed by atoms with Crippen molar-refractivity contribution in [3.63, 3.8) is 0 Å². The second-order valence-electron chi connectivity index (χ2n) is 7.87. The summed E-state index contributed by atoms with van der Waals surface area (Å²) in [5.41, 5.74) is 3.54. The molecule has 0 spiro atoms. The van der Waals surface area contributed by atoms with Gasteiger partial charge in [0.1, 0.15) is 5.82 Å². The van der Waals surface area contributed by atoms with Gasteiger partial charge in [-0.05, 0) is 42.3 Å². The van der Waals surface area contributed by atoms with Gasteiger partial charge < -0.3 is 9.80 Å². The summed E-state index contributed by atoms with van der Waals surface area (Å²) in [6.45, 7) is 6.35. The lowest BCUT2D eigenvalue weighted by atomic mass is 9.99. The molecule has 4 aromatic rings. The summed E-state index contributed by atoms with van der Waals surface area (Å²) < 4.78 is 0. The zero-order chi connectivity index (χ0) is 19.1. The molecule has 0 unspecified atom stereocenters. The SMILES string of the molecule is Cc1ccc2cc(-c3cccc4ccccc34)nc(N3CCN(C)CC3)c2c1. The minimum absolute atomic E-state index is 1.02. The summed E-state index contributed by atoms with van der Waals surface area (Å²) in [4.78, 5) is 10.1. The fourth-order valence-corrected chi connectivity index (χ4v) is 4.19. The summed E-state index contributed by atoms with van der Waals surface area (Å²) in [7, 11) is 2.19. The number of fused-ring (bicyclic) bond motifs is 2. The van der Waals surface area contributed by atoms with E-state index in [0.29, 0.717) is 0 Å². The van der Waals surface area contributed by atoms with Gasteiger partial charge >= 0.3 is 0 Å². The number of benzene rings is 3. The fourth-order valence-electron chi connectivity index (χ4n) is 4.19. The largest absolute Gasteiger partial charge is 0.354 e. The van der Waals surface area contributed by atoms with E-state index in [-0.39, 0.29) is 0 Å². The second-order valence-corrected chi connectivity index (χ2v) is 7.87. The Morgan fingerprint density at radius 1 is 0.750 bits per heavy atom. The van der Waals surface area contributed by atoms with Crippen molar-refractivity contribution in [3.05, 3.63) is 72.3 Å². The highest BCUT2D eigenvalue weighted by molar-refractivity contribution is 6.00. The molecule has 0 atom stereocenters. The van der Waals surface area contributed by atoms with E-state index in [4.69, 9.17) is 4.98 Å². The molecule has 140 valence electrons. The molecule has 2 heterocycles. The maximum atomic E-state index is 5.22. The third-order valence-electron chi connectivity index (χ3n) is 5.84. The highest BCUT2D eigenvalue weighted by Gasteiger charge is 2.19. The van der Waals surface area contributed by atoms with Crippen molar-refractivity contribution in [2.24, 2.45) is 0 Å². The molecule has 0 aliphatic carbocycles. The Bertz CT molecular complexity index is 1150. The van der Waals surface area contributed by atoms with Gasteiger partial charge in [0.25, 0.3) is 0 Å². The van der Waals surface area contributed by atoms with Gasteiger partial charge in [-0.2, -0.15) is 0 Å². The van der Waals surface area contributed by atoms with E-state index in [1.54, 1.807) is 0 Å². The van der Waals surface area contributed by atoms with Crippen LogP contribution in [0.2, 0.25) is 0 Å². The quantitative estimate of drug-likeness (QED) is 0.490. The molecular formula is C25H25N3. The van der Waals surface area contributed by atoms with Gasteiger partial charge in [-0.15, -0.1) is 0 Å². The molecule has 1 saturated heterocycles. The first-order valence-corrected chi connectivity index (χ1v) is 10.0. The lowest BCUT2D eigenvalue weighted by molar-refractivity contribution is 0.312. The smallest absolute Gasteiger partial charge is 0.137 e. The van der Waals surface area contributed by atoms with Crippen LogP contribution in [0.15, 0.2) is 66.7 Å². The average molecular weight is 367 g/mol. The van der Waals surface area contributed by atoms with E-state index < -0.39 is 0 Å². The topological polar surface area (TPSA) is 19.4 Å². The minimum Gasteiger partial charge on any atom is -0.354 e. The van der Waals surface area contributed by atoms with Crippen molar-refractivity contribution in [1.29, 1.82) is 0 Å². The third kappa shape index (κ3) is 3.02. The first kappa shape index (κ1) is 17.2. The summed E-state index contributed by atoms with van der Waals surface area (Å²) in [5.74, 6) is 1.12. The molecular weight excluding hydrogens is 342 g/mol. The average Bonchev–Trinajstić information content (AvgIpc) is 2.73. The van der Waals surface area contributed by atoms with Gasteiger partial charge in [-0.25, -0.2) is 4.98 Å². The van der Waals surface area contributed by atoms with Crippen LogP contribution in [0.25, 0.3) is 32.8 Å². The summed E-state index contributed by atoms with van der Waals surface area (Å²) >= 11 is 0. The summed E-state index contributed by atoms with van der Waals surface area (Å²) in [6.07, 6.45) is 0. The second kappa shape index (κ2) is 6.92. The van der Waals surface area contributed by atoms with Crippen molar-refractivity contribution in [2.75, 3.05) is 38.1 Å². The number of pyridine rings is 1. The van der Waals surface area contributed by atoms with Gasteiger partial charge in [0.15, 0.2) is 0 Å². The molecule has 3 aromatic carbocycles. The molecule has 1 aliphatic heterocycles. The zero-order valence-electron chi connectivity index (χ0n) is 16.5. The minimum atomic E-state index is 1.02. The van der Waals surface area contributed by atoms with Crippen molar-refractivity contribution < 1.29 is 0 Å². The van der Waals surface area contributed by atoms with Crippen LogP contribution in [0.4, 0.5) is 5.82 Å². The van der Waals surface area contributed by atoms with Crippen molar-refractivity contribution in [2.45, 2.75) is 6.92 Å². The van der Waals surface area contributed by atoms with E-state index in [0.717, 1.165) is 37.7 Å². The standard InChI is InChI=1S/C25H25N3/c1-18-10-11-20-17-24(22-9-5-7-19-6-3-4-8-21(19)22)26-25(23(20)16-18)28-14-12-27(2)13-15-28/h3-11,16-17H,12-15H2,1-2H3. The molecule has 0 N–H and O–H groups in total. The zero-order valence-corrected chi connectivity index (χ0v) is 16.5. The maximum absolute atomic E-state index is 5.22. The Kier molecular flexibility index (Phi) is 4.25. The van der Waals surface area contributed by atoms with Crippen molar-refractivity contribution >= 4 is 27.4 Å². The van der Waals surface area contributed by atoms with Crippen LogP contribution in [0.1, 0.15) is 5.56 Å². The van der Waals surface area contributed by atoms with E-state index in [2.05, 4.69) is 90.5 Å². The van der Waals surface area contributed by atoms with Gasteiger partial charge in [0, 0.05) is 37.1 Å². The lowest BCUT2D eigenvalue weighted by Gasteiger charge is -2.34. The molecule has 1 aliphatic rings. The highest BCUT2D eigenvalue weighted by atomic mass is 15.3. The number of aryl methyl sites for hydroxylation is 1. The Labute approximate surface area is 166 Å². The van der Waals surface area contributed by atoms with E-state index in [1.807, 2.05) is 0 Å². The van der Waals surface area contributed by atoms with E-state index in [1.165, 1.54) is 32.7 Å². The number of rotatable bonds is 2. The number of hydrogen-bond acceptors (Lipinski definition) is 3. The number of aromatic nitrogens is 1. The van der Waals surface area contributed by atoms with Gasteiger partial charge in [0.05, 0.1) is 5.69 Å². The monoisotopic (exact) mass is 367 g/mol. The molecule has 3 nitrogen and oxygen atoms in total. The first-order chi connectivity index (χ1) is 13.7. The molecule has 28 heavy (non-hydrogen) atoms. The molecule has 3 heteroatoms. The van der Waals surface area contributed by atoms with Crippen molar-refractivity contribution in [1.82, 2.24) is 9.88 Å². The number of nitrogens with zero attached hydrogens (tertiary/aromatic N) is 3. The highest BCUT2D eigenvalue weighted by Crippen LogP contribution is 2.34. The van der Waals surface area contributed by atoms with Crippen LogP contribution in [-0.2, 0) is 0 Å². The fraction of sp³-hybridized carbons (Fsp3) is 0.240. The van der Waals surface area contributed by atoms with E-state index >= 15 is 0 Å². The summed E-state index contributed by atoms with van der Waals surface area (Å²) in [5, 5.41) is 5.03. The predicted molar refractivity (Wildman–Crippen MR) is 119 cm³/mol. The van der Waals surface area contributed by atoms with Gasteiger partial charge in [-0.3, -0.25) is 0 Å². The van der Waals surface area contributed by atoms with E-state index in [9.17, 15) is 0 Å². The van der Waals surface area contributed by atoms with Gasteiger partial charge in [0.2, 0.25) is 0 Å². The number of hydrogen-bond donors (Lipinski definition) is 0. The third-order valence-corrected chi connectivity index (χ3v) is 5.84. The summed E-state index contributed by atoms with van der Waals surface area (Å²) in [6, 6.07) is 24.0. The Morgan fingerprint density at radius 2 is 1.54 bits per heavy atom. The van der Waals surface area contributed by atoms with Crippen molar-refractivity contribution in [3.8, 4) is 11.3 Å². The number of piperazine rings is 1. The van der Waals surface area contributed by atoms with Crippen LogP contribution < -0.4 is 4.90 Å². The number of anilines is 1. The molecule has 0 saturated carbocycles. The molecule has 1 aromatic heterocycles. The Balaban J connectivity index is 1.73. The first-order valence-electron chi connectivity index (χ1n) is 10.0. The van der Waals surface area contributed by atoms with Crippen LogP contribution in [0.5, 0.6) is 0 Å². The van der Waals surface area contributed by atoms with Crippen LogP contribution in [0, 0.1) is 6.92 Å².